The van der Waals surface area contributed by atoms with Crippen LogP contribution in [-0.4, -0.2) is 5.75 Å². The average Bonchev–Trinajstić information content (AvgIpc) is 2.12. The number of nitrogens with two attached hydrogens (primary N) is 1. The molecular formula is C10H16N2S. The lowest BCUT2D eigenvalue weighted by atomic mass is 10.2. The zero-order valence-corrected chi connectivity index (χ0v) is 8.95. The fraction of sp³-hybridized carbons (Fsp3) is 0.400. The molecule has 0 spiro atoms. The van der Waals surface area contributed by atoms with E-state index in [9.17, 15) is 0 Å². The van der Waals surface area contributed by atoms with E-state index in [0.29, 0.717) is 0 Å². The van der Waals surface area contributed by atoms with Gasteiger partial charge in [-0.1, -0.05) is 24.9 Å². The fourth-order valence-corrected chi connectivity index (χ4v) is 1.54. The Hall–Kier alpha value is -0.830. The van der Waals surface area contributed by atoms with Gasteiger partial charge >= 0.3 is 0 Å². The Kier molecular flexibility index (Phi) is 3.96. The number of anilines is 2. The maximum Gasteiger partial charge on any atom is 0.0460 e. The van der Waals surface area contributed by atoms with Crippen molar-refractivity contribution in [1.82, 2.24) is 0 Å². The Morgan fingerprint density at radius 1 is 1.46 bits per heavy atom. The smallest absolute Gasteiger partial charge is 0.0460 e. The first-order valence-electron chi connectivity index (χ1n) is 4.48. The molecule has 0 aliphatic rings. The van der Waals surface area contributed by atoms with Crippen molar-refractivity contribution in [3.8, 4) is 0 Å². The Bertz CT molecular complexity index is 274. The van der Waals surface area contributed by atoms with E-state index in [-0.39, 0.29) is 0 Å². The Morgan fingerprint density at radius 2 is 2.23 bits per heavy atom. The average molecular weight is 196 g/mol. The Balaban J connectivity index is 2.53. The molecule has 72 valence electrons. The van der Waals surface area contributed by atoms with Crippen molar-refractivity contribution in [1.29, 1.82) is 0 Å². The summed E-state index contributed by atoms with van der Waals surface area (Å²) in [6.07, 6.45) is 1.18. The molecule has 13 heavy (non-hydrogen) atoms. The lowest BCUT2D eigenvalue weighted by Gasteiger charge is -2.06. The van der Waals surface area contributed by atoms with Gasteiger partial charge in [-0.05, 0) is 31.0 Å². The molecule has 0 amide bonds. The van der Waals surface area contributed by atoms with Gasteiger partial charge in [0, 0.05) is 17.1 Å². The van der Waals surface area contributed by atoms with Crippen LogP contribution in [0, 0.1) is 6.92 Å². The molecule has 0 aliphatic carbocycles. The van der Waals surface area contributed by atoms with Gasteiger partial charge in [0.05, 0.1) is 0 Å². The van der Waals surface area contributed by atoms with E-state index in [1.165, 1.54) is 6.42 Å². The van der Waals surface area contributed by atoms with Crippen molar-refractivity contribution in [2.24, 2.45) is 0 Å². The zero-order valence-electron chi connectivity index (χ0n) is 8.13. The Labute approximate surface area is 84.0 Å². The molecule has 0 bridgehead atoms. The van der Waals surface area contributed by atoms with E-state index < -0.39 is 0 Å². The van der Waals surface area contributed by atoms with E-state index in [1.54, 1.807) is 11.9 Å². The molecule has 0 aromatic heterocycles. The number of rotatable bonds is 4. The van der Waals surface area contributed by atoms with Crippen molar-refractivity contribution < 1.29 is 0 Å². The quantitative estimate of drug-likeness (QED) is 0.441. The third-order valence-electron chi connectivity index (χ3n) is 1.78. The first-order chi connectivity index (χ1) is 6.24. The van der Waals surface area contributed by atoms with Gasteiger partial charge in [-0.2, -0.15) is 0 Å². The highest BCUT2D eigenvalue weighted by molar-refractivity contribution is 8.00. The summed E-state index contributed by atoms with van der Waals surface area (Å²) in [5.74, 6) is 1.12. The predicted octanol–water partition coefficient (Wildman–Crippen LogP) is 3.05. The molecule has 0 heterocycles. The van der Waals surface area contributed by atoms with Gasteiger partial charge in [0.25, 0.3) is 0 Å². The summed E-state index contributed by atoms with van der Waals surface area (Å²) < 4.78 is 3.25. The van der Waals surface area contributed by atoms with Gasteiger partial charge in [0.2, 0.25) is 0 Å². The van der Waals surface area contributed by atoms with Crippen LogP contribution >= 0.6 is 11.9 Å². The molecule has 0 fully saturated rings. The molecule has 1 aromatic rings. The number of hydrogen-bond donors (Lipinski definition) is 2. The second-order valence-corrected chi connectivity index (χ2v) is 3.92. The second-order valence-electron chi connectivity index (χ2n) is 3.02. The molecule has 3 N–H and O–H groups in total. The third-order valence-corrected chi connectivity index (χ3v) is 2.77. The summed E-state index contributed by atoms with van der Waals surface area (Å²) in [4.78, 5) is 0. The molecule has 0 atom stereocenters. The molecular weight excluding hydrogens is 180 g/mol. The second kappa shape index (κ2) is 5.02. The van der Waals surface area contributed by atoms with Crippen molar-refractivity contribution >= 4 is 23.3 Å². The number of nitrogens with one attached hydrogen (secondary N) is 1. The summed E-state index contributed by atoms with van der Waals surface area (Å²) in [5, 5.41) is 0. The molecule has 0 unspecified atom stereocenters. The molecule has 3 heteroatoms. The van der Waals surface area contributed by atoms with Crippen LogP contribution in [0.4, 0.5) is 11.4 Å². The van der Waals surface area contributed by atoms with Crippen molar-refractivity contribution in [3.05, 3.63) is 23.8 Å². The van der Waals surface area contributed by atoms with Crippen LogP contribution in [0.1, 0.15) is 18.9 Å². The highest BCUT2D eigenvalue weighted by Gasteiger charge is 1.95. The molecule has 1 aromatic carbocycles. The Morgan fingerprint density at radius 3 is 2.85 bits per heavy atom. The van der Waals surface area contributed by atoms with Crippen molar-refractivity contribution in [3.63, 3.8) is 0 Å². The summed E-state index contributed by atoms with van der Waals surface area (Å²) in [7, 11) is 0. The van der Waals surface area contributed by atoms with Crippen molar-refractivity contribution in [2.45, 2.75) is 20.3 Å². The minimum Gasteiger partial charge on any atom is -0.398 e. The van der Waals surface area contributed by atoms with E-state index in [4.69, 9.17) is 5.73 Å². The van der Waals surface area contributed by atoms with E-state index in [0.717, 1.165) is 22.7 Å². The van der Waals surface area contributed by atoms with Crippen LogP contribution in [0.2, 0.25) is 0 Å². The van der Waals surface area contributed by atoms with Crippen LogP contribution in [0.3, 0.4) is 0 Å². The highest BCUT2D eigenvalue weighted by atomic mass is 32.2. The summed E-state index contributed by atoms with van der Waals surface area (Å²) in [5.41, 5.74) is 8.84. The van der Waals surface area contributed by atoms with Gasteiger partial charge in [-0.15, -0.1) is 0 Å². The number of aryl methyl sites for hydroxylation is 1. The monoisotopic (exact) mass is 196 g/mol. The minimum absolute atomic E-state index is 0.849. The number of nitrogen functional groups attached to an aromatic ring is 1. The summed E-state index contributed by atoms with van der Waals surface area (Å²) >= 11 is 1.72. The zero-order chi connectivity index (χ0) is 9.68. The molecule has 0 radical (unpaired) electrons. The SMILES string of the molecule is CCCSNc1ccc(C)c(N)c1. The molecule has 0 saturated heterocycles. The predicted molar refractivity (Wildman–Crippen MR) is 62.0 cm³/mol. The first-order valence-corrected chi connectivity index (χ1v) is 5.46. The van der Waals surface area contributed by atoms with Gasteiger partial charge in [-0.25, -0.2) is 0 Å². The van der Waals surface area contributed by atoms with E-state index in [1.807, 2.05) is 25.1 Å². The van der Waals surface area contributed by atoms with Crippen molar-refractivity contribution in [2.75, 3.05) is 16.2 Å². The van der Waals surface area contributed by atoms with Gasteiger partial charge in [-0.3, -0.25) is 0 Å². The molecule has 0 aliphatic heterocycles. The van der Waals surface area contributed by atoms with E-state index >= 15 is 0 Å². The summed E-state index contributed by atoms with van der Waals surface area (Å²) in [6, 6.07) is 6.05. The topological polar surface area (TPSA) is 38.0 Å². The largest absolute Gasteiger partial charge is 0.398 e. The number of benzene rings is 1. The minimum atomic E-state index is 0.849. The van der Waals surface area contributed by atoms with Crippen LogP contribution in [-0.2, 0) is 0 Å². The normalized spacial score (nSPS) is 10.0. The van der Waals surface area contributed by atoms with Gasteiger partial charge in [0.15, 0.2) is 0 Å². The lowest BCUT2D eigenvalue weighted by Crippen LogP contribution is -1.93. The third kappa shape index (κ3) is 3.19. The maximum atomic E-state index is 5.78. The lowest BCUT2D eigenvalue weighted by molar-refractivity contribution is 1.11. The first kappa shape index (κ1) is 10.3. The fourth-order valence-electron chi connectivity index (χ4n) is 0.940. The highest BCUT2D eigenvalue weighted by Crippen LogP contribution is 2.19. The standard InChI is InChI=1S/C10H16N2S/c1-3-6-13-12-9-5-4-8(2)10(11)7-9/h4-5,7,12H,3,6,11H2,1-2H3. The van der Waals surface area contributed by atoms with Gasteiger partial charge in [0.1, 0.15) is 0 Å². The van der Waals surface area contributed by atoms with Crippen LogP contribution in [0.15, 0.2) is 18.2 Å². The van der Waals surface area contributed by atoms with Crippen LogP contribution in [0.5, 0.6) is 0 Å². The van der Waals surface area contributed by atoms with Crippen LogP contribution < -0.4 is 10.5 Å². The summed E-state index contributed by atoms with van der Waals surface area (Å²) in [6.45, 7) is 4.18. The van der Waals surface area contributed by atoms with Gasteiger partial charge < -0.3 is 10.5 Å². The van der Waals surface area contributed by atoms with E-state index in [2.05, 4.69) is 11.6 Å². The number of hydrogen-bond acceptors (Lipinski definition) is 3. The molecule has 1 rings (SSSR count). The maximum absolute atomic E-state index is 5.78. The molecule has 2 nitrogen and oxygen atoms in total. The molecule has 0 saturated carbocycles. The van der Waals surface area contributed by atoms with Crippen LogP contribution in [0.25, 0.3) is 0 Å².